The summed E-state index contributed by atoms with van der Waals surface area (Å²) in [5, 5.41) is 3.22. The first kappa shape index (κ1) is 20.0. The quantitative estimate of drug-likeness (QED) is 0.808. The van der Waals surface area contributed by atoms with Crippen LogP contribution in [0.4, 0.5) is 4.39 Å². The molecule has 5 heteroatoms. The Morgan fingerprint density at radius 2 is 1.55 bits per heavy atom. The second kappa shape index (κ2) is 9.51. The molecule has 4 rings (SSSR count). The van der Waals surface area contributed by atoms with Crippen LogP contribution in [0.5, 0.6) is 0 Å². The van der Waals surface area contributed by atoms with E-state index in [-0.39, 0.29) is 17.8 Å². The molecular weight excluding hydrogens is 365 g/mol. The van der Waals surface area contributed by atoms with E-state index in [4.69, 9.17) is 0 Å². The molecule has 2 saturated heterocycles. The average Bonchev–Trinajstić information content (AvgIpc) is 3.24. The van der Waals surface area contributed by atoms with Crippen molar-refractivity contribution < 1.29 is 9.18 Å². The molecule has 0 aliphatic carbocycles. The van der Waals surface area contributed by atoms with E-state index >= 15 is 0 Å². The third kappa shape index (κ3) is 5.64. The molecule has 4 nitrogen and oxygen atoms in total. The van der Waals surface area contributed by atoms with Gasteiger partial charge in [-0.2, -0.15) is 0 Å². The van der Waals surface area contributed by atoms with Crippen molar-refractivity contribution in [3.05, 3.63) is 71.0 Å². The highest BCUT2D eigenvalue weighted by molar-refractivity contribution is 5.94. The molecule has 0 unspecified atom stereocenters. The lowest BCUT2D eigenvalue weighted by Gasteiger charge is -2.32. The molecule has 154 valence electrons. The lowest BCUT2D eigenvalue weighted by atomic mass is 10.0. The van der Waals surface area contributed by atoms with Crippen LogP contribution in [0.3, 0.4) is 0 Å². The Balaban J connectivity index is 1.25. The van der Waals surface area contributed by atoms with Crippen LogP contribution in [0.2, 0.25) is 0 Å². The van der Waals surface area contributed by atoms with Crippen molar-refractivity contribution in [2.45, 2.75) is 44.8 Å². The summed E-state index contributed by atoms with van der Waals surface area (Å²) >= 11 is 0. The standard InChI is InChI=1S/C24H30FN3O/c25-22-8-6-19(7-9-22)17-28-14-10-23(11-15-28)26-24(29)21-5-3-4-20(16-21)18-27-12-1-2-13-27/h3-9,16,23H,1-2,10-15,17-18H2,(H,26,29). The van der Waals surface area contributed by atoms with E-state index in [1.807, 2.05) is 30.3 Å². The van der Waals surface area contributed by atoms with Gasteiger partial charge in [0.15, 0.2) is 0 Å². The summed E-state index contributed by atoms with van der Waals surface area (Å²) in [6.45, 7) is 5.97. The Kier molecular flexibility index (Phi) is 6.57. The van der Waals surface area contributed by atoms with Crippen molar-refractivity contribution in [1.29, 1.82) is 0 Å². The van der Waals surface area contributed by atoms with E-state index in [1.54, 1.807) is 0 Å². The van der Waals surface area contributed by atoms with Crippen molar-refractivity contribution in [3.63, 3.8) is 0 Å². The number of nitrogens with one attached hydrogen (secondary N) is 1. The fourth-order valence-electron chi connectivity index (χ4n) is 4.36. The molecule has 0 spiro atoms. The summed E-state index contributed by atoms with van der Waals surface area (Å²) in [7, 11) is 0. The topological polar surface area (TPSA) is 35.6 Å². The molecule has 0 aromatic heterocycles. The van der Waals surface area contributed by atoms with E-state index < -0.39 is 0 Å². The van der Waals surface area contributed by atoms with Gasteiger partial charge in [-0.15, -0.1) is 0 Å². The van der Waals surface area contributed by atoms with Crippen molar-refractivity contribution in [2.75, 3.05) is 26.2 Å². The second-order valence-electron chi connectivity index (χ2n) is 8.33. The van der Waals surface area contributed by atoms with E-state index in [0.717, 1.165) is 63.2 Å². The van der Waals surface area contributed by atoms with Gasteiger partial charge in [-0.1, -0.05) is 24.3 Å². The highest BCUT2D eigenvalue weighted by Gasteiger charge is 2.21. The Morgan fingerprint density at radius 1 is 0.897 bits per heavy atom. The maximum atomic E-state index is 13.0. The van der Waals surface area contributed by atoms with E-state index in [1.165, 1.54) is 30.5 Å². The number of rotatable bonds is 6. The number of carbonyl (C=O) groups excluding carboxylic acids is 1. The normalized spacial score (nSPS) is 18.8. The molecule has 2 aromatic carbocycles. The molecule has 2 aliphatic heterocycles. The van der Waals surface area contributed by atoms with Crippen LogP contribution < -0.4 is 5.32 Å². The van der Waals surface area contributed by atoms with Gasteiger partial charge in [-0.25, -0.2) is 4.39 Å². The molecule has 0 saturated carbocycles. The first-order chi connectivity index (χ1) is 14.2. The van der Waals surface area contributed by atoms with Crippen LogP contribution in [0, 0.1) is 5.82 Å². The number of nitrogens with zero attached hydrogens (tertiary/aromatic N) is 2. The highest BCUT2D eigenvalue weighted by Crippen LogP contribution is 2.17. The van der Waals surface area contributed by atoms with Gasteiger partial charge in [0, 0.05) is 37.8 Å². The summed E-state index contributed by atoms with van der Waals surface area (Å²) in [5.74, 6) is -0.162. The zero-order valence-electron chi connectivity index (χ0n) is 16.9. The second-order valence-corrected chi connectivity index (χ2v) is 8.33. The van der Waals surface area contributed by atoms with Crippen LogP contribution in [0.1, 0.15) is 47.2 Å². The maximum absolute atomic E-state index is 13.0. The number of carbonyl (C=O) groups is 1. The SMILES string of the molecule is O=C(NC1CCN(Cc2ccc(F)cc2)CC1)c1cccc(CN2CCCC2)c1. The van der Waals surface area contributed by atoms with Crippen molar-refractivity contribution in [3.8, 4) is 0 Å². The summed E-state index contributed by atoms with van der Waals surface area (Å²) in [6.07, 6.45) is 4.45. The molecule has 29 heavy (non-hydrogen) atoms. The van der Waals surface area contributed by atoms with E-state index in [0.29, 0.717) is 0 Å². The van der Waals surface area contributed by atoms with Crippen molar-refractivity contribution >= 4 is 5.91 Å². The number of hydrogen-bond donors (Lipinski definition) is 1. The smallest absolute Gasteiger partial charge is 0.251 e. The average molecular weight is 396 g/mol. The summed E-state index contributed by atoms with van der Waals surface area (Å²) < 4.78 is 13.0. The van der Waals surface area contributed by atoms with Gasteiger partial charge in [-0.05, 0) is 74.2 Å². The first-order valence-corrected chi connectivity index (χ1v) is 10.7. The third-order valence-electron chi connectivity index (χ3n) is 6.04. The number of amides is 1. The van der Waals surface area contributed by atoms with Gasteiger partial charge < -0.3 is 5.32 Å². The number of piperidine rings is 1. The summed E-state index contributed by atoms with van der Waals surface area (Å²) in [5.41, 5.74) is 3.10. The molecule has 2 aliphatic rings. The molecule has 1 amide bonds. The monoisotopic (exact) mass is 395 g/mol. The zero-order valence-corrected chi connectivity index (χ0v) is 16.9. The minimum absolute atomic E-state index is 0.0326. The van der Waals surface area contributed by atoms with E-state index in [9.17, 15) is 9.18 Å². The lowest BCUT2D eigenvalue weighted by molar-refractivity contribution is 0.0908. The van der Waals surface area contributed by atoms with Crippen LogP contribution in [-0.4, -0.2) is 47.9 Å². The van der Waals surface area contributed by atoms with Crippen molar-refractivity contribution in [1.82, 2.24) is 15.1 Å². The highest BCUT2D eigenvalue weighted by atomic mass is 19.1. The van der Waals surface area contributed by atoms with E-state index in [2.05, 4.69) is 21.2 Å². The van der Waals surface area contributed by atoms with Gasteiger partial charge in [0.1, 0.15) is 5.82 Å². The van der Waals surface area contributed by atoms with Gasteiger partial charge in [0.25, 0.3) is 5.91 Å². The molecule has 0 bridgehead atoms. The van der Waals surface area contributed by atoms with Gasteiger partial charge in [0.2, 0.25) is 0 Å². The largest absolute Gasteiger partial charge is 0.349 e. The molecule has 0 atom stereocenters. The lowest BCUT2D eigenvalue weighted by Crippen LogP contribution is -2.44. The number of likely N-dealkylation sites (tertiary alicyclic amines) is 2. The first-order valence-electron chi connectivity index (χ1n) is 10.7. The fourth-order valence-corrected chi connectivity index (χ4v) is 4.36. The number of halogens is 1. The Morgan fingerprint density at radius 3 is 2.28 bits per heavy atom. The minimum Gasteiger partial charge on any atom is -0.349 e. The number of benzene rings is 2. The Labute approximate surface area is 172 Å². The molecule has 0 radical (unpaired) electrons. The molecular formula is C24H30FN3O. The zero-order chi connectivity index (χ0) is 20.1. The molecule has 2 aromatic rings. The predicted molar refractivity (Wildman–Crippen MR) is 113 cm³/mol. The third-order valence-corrected chi connectivity index (χ3v) is 6.04. The van der Waals surface area contributed by atoms with Crippen LogP contribution >= 0.6 is 0 Å². The predicted octanol–water partition coefficient (Wildman–Crippen LogP) is 3.82. The van der Waals surface area contributed by atoms with Gasteiger partial charge >= 0.3 is 0 Å². The summed E-state index contributed by atoms with van der Waals surface area (Å²) in [4.78, 5) is 17.6. The van der Waals surface area contributed by atoms with Crippen LogP contribution in [0.15, 0.2) is 48.5 Å². The molecule has 2 heterocycles. The van der Waals surface area contributed by atoms with Crippen LogP contribution in [0.25, 0.3) is 0 Å². The molecule has 1 N–H and O–H groups in total. The van der Waals surface area contributed by atoms with Gasteiger partial charge in [0.05, 0.1) is 0 Å². The fraction of sp³-hybridized carbons (Fsp3) is 0.458. The summed E-state index contributed by atoms with van der Waals surface area (Å²) in [6, 6.07) is 15.0. The van der Waals surface area contributed by atoms with Crippen LogP contribution in [-0.2, 0) is 13.1 Å². The van der Waals surface area contributed by atoms with Crippen molar-refractivity contribution in [2.24, 2.45) is 0 Å². The van der Waals surface area contributed by atoms with Gasteiger partial charge in [-0.3, -0.25) is 14.6 Å². The molecule has 2 fully saturated rings. The number of hydrogen-bond acceptors (Lipinski definition) is 3. The maximum Gasteiger partial charge on any atom is 0.251 e. The minimum atomic E-state index is -0.195. The Hall–Kier alpha value is -2.24. The Bertz CT molecular complexity index is 809.